The van der Waals surface area contributed by atoms with Crippen molar-refractivity contribution in [1.82, 2.24) is 15.1 Å². The van der Waals surface area contributed by atoms with Gasteiger partial charge >= 0.3 is 12.0 Å². The molecule has 1 unspecified atom stereocenters. The number of nitrogens with one attached hydrogen (secondary N) is 1. The van der Waals surface area contributed by atoms with E-state index < -0.39 is 5.97 Å². The van der Waals surface area contributed by atoms with Gasteiger partial charge in [-0.1, -0.05) is 13.8 Å². The Morgan fingerprint density at radius 2 is 1.95 bits per heavy atom. The minimum atomic E-state index is -0.792. The molecule has 6 nitrogen and oxygen atoms in total. The summed E-state index contributed by atoms with van der Waals surface area (Å²) in [5, 5.41) is 11.6. The maximum atomic E-state index is 11.9. The highest BCUT2D eigenvalue weighted by Gasteiger charge is 2.32. The molecule has 1 heterocycles. The highest BCUT2D eigenvalue weighted by atomic mass is 16.4. The monoisotopic (exact) mass is 271 g/mol. The van der Waals surface area contributed by atoms with Gasteiger partial charge in [-0.15, -0.1) is 0 Å². The fraction of sp³-hybridized carbons (Fsp3) is 0.846. The smallest absolute Gasteiger partial charge is 0.317 e. The first kappa shape index (κ1) is 15.8. The van der Waals surface area contributed by atoms with Crippen LogP contribution in [0.1, 0.15) is 27.2 Å². The van der Waals surface area contributed by atoms with Crippen LogP contribution in [0.5, 0.6) is 0 Å². The van der Waals surface area contributed by atoms with Gasteiger partial charge in [0, 0.05) is 31.6 Å². The third kappa shape index (κ3) is 5.06. The summed E-state index contributed by atoms with van der Waals surface area (Å²) in [6, 6.07) is 0.0206. The number of carboxylic acid groups (broad SMARTS) is 1. The van der Waals surface area contributed by atoms with E-state index in [1.54, 1.807) is 4.90 Å². The topological polar surface area (TPSA) is 72.9 Å². The standard InChI is InChI=1S/C13H25N3O3/c1-4-15(5-2)7-10(3)14-13(19)16-8-11(9-16)6-12(17)18/h10-11H,4-9H2,1-3H3,(H,14,19)(H,17,18). The largest absolute Gasteiger partial charge is 0.481 e. The molecule has 1 aliphatic heterocycles. The van der Waals surface area contributed by atoms with Crippen LogP contribution in [0.15, 0.2) is 0 Å². The number of amides is 2. The Hall–Kier alpha value is -1.30. The first-order valence-corrected chi connectivity index (χ1v) is 6.95. The van der Waals surface area contributed by atoms with Crippen molar-refractivity contribution >= 4 is 12.0 Å². The van der Waals surface area contributed by atoms with E-state index >= 15 is 0 Å². The normalized spacial score (nSPS) is 17.2. The molecule has 0 aliphatic carbocycles. The maximum Gasteiger partial charge on any atom is 0.317 e. The SMILES string of the molecule is CCN(CC)CC(C)NC(=O)N1CC(CC(=O)O)C1. The molecular formula is C13H25N3O3. The lowest BCUT2D eigenvalue weighted by Gasteiger charge is -2.39. The first-order chi connectivity index (χ1) is 8.96. The summed E-state index contributed by atoms with van der Waals surface area (Å²) >= 11 is 0. The van der Waals surface area contributed by atoms with Crippen LogP contribution in [-0.4, -0.2) is 65.7 Å². The van der Waals surface area contributed by atoms with Crippen LogP contribution in [0.4, 0.5) is 4.79 Å². The highest BCUT2D eigenvalue weighted by Crippen LogP contribution is 2.18. The molecule has 1 aliphatic rings. The van der Waals surface area contributed by atoms with E-state index in [1.807, 2.05) is 6.92 Å². The zero-order valence-electron chi connectivity index (χ0n) is 12.1. The lowest BCUT2D eigenvalue weighted by atomic mass is 9.97. The molecule has 6 heteroatoms. The summed E-state index contributed by atoms with van der Waals surface area (Å²) in [5.74, 6) is -0.679. The third-order valence-corrected chi connectivity index (χ3v) is 3.50. The van der Waals surface area contributed by atoms with Gasteiger partial charge in [0.25, 0.3) is 0 Å². The number of aliphatic carboxylic acids is 1. The maximum absolute atomic E-state index is 11.9. The number of carboxylic acids is 1. The average Bonchev–Trinajstić information content (AvgIpc) is 2.29. The van der Waals surface area contributed by atoms with Crippen molar-refractivity contribution in [1.29, 1.82) is 0 Å². The van der Waals surface area contributed by atoms with Gasteiger partial charge in [0.1, 0.15) is 0 Å². The van der Waals surface area contributed by atoms with Crippen molar-refractivity contribution in [3.8, 4) is 0 Å². The minimum Gasteiger partial charge on any atom is -0.481 e. The third-order valence-electron chi connectivity index (χ3n) is 3.50. The number of hydrogen-bond donors (Lipinski definition) is 2. The van der Waals surface area contributed by atoms with Crippen molar-refractivity contribution in [3.05, 3.63) is 0 Å². The van der Waals surface area contributed by atoms with E-state index in [9.17, 15) is 9.59 Å². The number of hydrogen-bond acceptors (Lipinski definition) is 3. The molecule has 19 heavy (non-hydrogen) atoms. The minimum absolute atomic E-state index is 0.0821. The molecule has 0 aromatic heterocycles. The number of nitrogens with zero attached hydrogens (tertiary/aromatic N) is 2. The Labute approximate surface area is 114 Å². The van der Waals surface area contributed by atoms with Gasteiger partial charge in [0.2, 0.25) is 0 Å². The molecule has 1 atom stereocenters. The Kier molecular flexibility index (Phi) is 6.08. The Morgan fingerprint density at radius 3 is 2.42 bits per heavy atom. The summed E-state index contributed by atoms with van der Waals surface area (Å²) in [6.45, 7) is 10.1. The molecule has 0 spiro atoms. The molecule has 1 fully saturated rings. The van der Waals surface area contributed by atoms with Crippen molar-refractivity contribution in [2.45, 2.75) is 33.2 Å². The van der Waals surface area contributed by atoms with Crippen LogP contribution in [0.25, 0.3) is 0 Å². The van der Waals surface area contributed by atoms with Gasteiger partial charge in [0.15, 0.2) is 0 Å². The summed E-state index contributed by atoms with van der Waals surface area (Å²) in [5.41, 5.74) is 0. The zero-order chi connectivity index (χ0) is 14.4. The number of likely N-dealkylation sites (tertiary alicyclic amines) is 1. The molecule has 1 saturated heterocycles. The first-order valence-electron chi connectivity index (χ1n) is 6.95. The van der Waals surface area contributed by atoms with Crippen LogP contribution in [-0.2, 0) is 4.79 Å². The molecule has 0 aromatic rings. The predicted octanol–water partition coefficient (Wildman–Crippen LogP) is 0.833. The number of rotatable bonds is 7. The van der Waals surface area contributed by atoms with Crippen LogP contribution in [0, 0.1) is 5.92 Å². The van der Waals surface area contributed by atoms with Crippen LogP contribution < -0.4 is 5.32 Å². The van der Waals surface area contributed by atoms with Crippen molar-refractivity contribution in [3.63, 3.8) is 0 Å². The quantitative estimate of drug-likeness (QED) is 0.719. The summed E-state index contributed by atoms with van der Waals surface area (Å²) < 4.78 is 0. The van der Waals surface area contributed by atoms with Crippen LogP contribution >= 0.6 is 0 Å². The summed E-state index contributed by atoms with van der Waals surface area (Å²) in [6.07, 6.45) is 0.152. The van der Waals surface area contributed by atoms with E-state index in [0.717, 1.165) is 19.6 Å². The van der Waals surface area contributed by atoms with E-state index in [0.29, 0.717) is 13.1 Å². The molecule has 0 radical (unpaired) electrons. The van der Waals surface area contributed by atoms with E-state index in [4.69, 9.17) is 5.11 Å². The van der Waals surface area contributed by atoms with Gasteiger partial charge in [-0.25, -0.2) is 4.79 Å². The zero-order valence-corrected chi connectivity index (χ0v) is 12.1. The molecule has 1 rings (SSSR count). The van der Waals surface area contributed by atoms with Crippen molar-refractivity contribution in [2.75, 3.05) is 32.7 Å². The van der Waals surface area contributed by atoms with Gasteiger partial charge in [-0.3, -0.25) is 4.79 Å². The molecule has 0 saturated carbocycles. The summed E-state index contributed by atoms with van der Waals surface area (Å²) in [7, 11) is 0. The molecule has 2 amide bonds. The summed E-state index contributed by atoms with van der Waals surface area (Å²) in [4.78, 5) is 26.3. The van der Waals surface area contributed by atoms with Gasteiger partial charge < -0.3 is 20.2 Å². The second-order valence-electron chi connectivity index (χ2n) is 5.21. The van der Waals surface area contributed by atoms with E-state index in [2.05, 4.69) is 24.1 Å². The lowest BCUT2D eigenvalue weighted by molar-refractivity contribution is -0.139. The Bertz CT molecular complexity index is 312. The van der Waals surface area contributed by atoms with Gasteiger partial charge in [-0.2, -0.15) is 0 Å². The van der Waals surface area contributed by atoms with Gasteiger partial charge in [0.05, 0.1) is 6.42 Å². The fourth-order valence-corrected chi connectivity index (χ4v) is 2.33. The average molecular weight is 271 g/mol. The number of likely N-dealkylation sites (N-methyl/N-ethyl adjacent to an activating group) is 1. The van der Waals surface area contributed by atoms with E-state index in [1.165, 1.54) is 0 Å². The van der Waals surface area contributed by atoms with Crippen LogP contribution in [0.2, 0.25) is 0 Å². The van der Waals surface area contributed by atoms with Crippen molar-refractivity contribution in [2.24, 2.45) is 5.92 Å². The highest BCUT2D eigenvalue weighted by molar-refractivity contribution is 5.76. The Balaban J connectivity index is 2.23. The molecule has 0 aromatic carbocycles. The molecule has 110 valence electrons. The van der Waals surface area contributed by atoms with Crippen molar-refractivity contribution < 1.29 is 14.7 Å². The second-order valence-corrected chi connectivity index (χ2v) is 5.21. The Morgan fingerprint density at radius 1 is 1.37 bits per heavy atom. The molecular weight excluding hydrogens is 246 g/mol. The number of carbonyl (C=O) groups excluding carboxylic acids is 1. The number of carbonyl (C=O) groups is 2. The predicted molar refractivity (Wildman–Crippen MR) is 73.1 cm³/mol. The second kappa shape index (κ2) is 7.33. The molecule has 2 N–H and O–H groups in total. The lowest BCUT2D eigenvalue weighted by Crippen LogP contribution is -2.56. The van der Waals surface area contributed by atoms with Gasteiger partial charge in [-0.05, 0) is 20.0 Å². The fourth-order valence-electron chi connectivity index (χ4n) is 2.33. The molecule has 0 bridgehead atoms. The van der Waals surface area contributed by atoms with E-state index in [-0.39, 0.29) is 24.4 Å². The van der Waals surface area contributed by atoms with Crippen LogP contribution in [0.3, 0.4) is 0 Å². The number of urea groups is 1.